The maximum absolute atomic E-state index is 14.8. The molecule has 0 unspecified atom stereocenters. The molecule has 14 atom stereocenters. The van der Waals surface area contributed by atoms with Gasteiger partial charge in [-0.3, -0.25) is 71.9 Å². The van der Waals surface area contributed by atoms with E-state index in [1.807, 2.05) is 0 Å². The van der Waals surface area contributed by atoms with Gasteiger partial charge in [0.05, 0.1) is 19.6 Å². The molecule has 0 heterocycles. The summed E-state index contributed by atoms with van der Waals surface area (Å²) in [5.41, 5.74) is 28.7. The van der Waals surface area contributed by atoms with Crippen molar-refractivity contribution in [3.8, 4) is 5.75 Å². The summed E-state index contributed by atoms with van der Waals surface area (Å²) >= 11 is 0. The first kappa shape index (κ1) is 89.2. The quantitative estimate of drug-likeness (QED) is 0.0278. The fourth-order valence-corrected chi connectivity index (χ4v) is 10.3. The van der Waals surface area contributed by atoms with Gasteiger partial charge in [0, 0.05) is 19.3 Å². The first-order chi connectivity index (χ1) is 48.6. The largest absolute Gasteiger partial charge is 0.508 e. The van der Waals surface area contributed by atoms with E-state index in [1.165, 1.54) is 38.1 Å². The van der Waals surface area contributed by atoms with Crippen molar-refractivity contribution in [2.45, 2.75) is 218 Å². The first-order valence-corrected chi connectivity index (χ1v) is 34.6. The van der Waals surface area contributed by atoms with Gasteiger partial charge in [-0.25, -0.2) is 0 Å². The molecule has 25 N–H and O–H groups in total. The number of nitrogens with two attached hydrogens (primary N) is 5. The third kappa shape index (κ3) is 32.8. The third-order valence-corrected chi connectivity index (χ3v) is 16.9. The molecule has 574 valence electrons. The zero-order valence-electron chi connectivity index (χ0n) is 59.9. The van der Waals surface area contributed by atoms with Crippen molar-refractivity contribution >= 4 is 88.7 Å². The van der Waals surface area contributed by atoms with Gasteiger partial charge in [-0.1, -0.05) is 96.8 Å². The van der Waals surface area contributed by atoms with Crippen LogP contribution in [0.4, 0.5) is 0 Å². The number of hydrogen-bond acceptors (Lipinski definition) is 20. The minimum atomic E-state index is -1.88. The lowest BCUT2D eigenvalue weighted by atomic mass is 9.96. The Labute approximate surface area is 599 Å². The molecule has 0 aliphatic carbocycles. The second-order valence-corrected chi connectivity index (χ2v) is 25.9. The Hall–Kier alpha value is -9.87. The molecule has 0 fully saturated rings. The molecule has 35 nitrogen and oxygen atoms in total. The molecule has 0 radical (unpaired) electrons. The maximum Gasteiger partial charge on any atom is 0.303 e. The zero-order chi connectivity index (χ0) is 77.6. The number of carboxylic acid groups (broad SMARTS) is 1. The van der Waals surface area contributed by atoms with Crippen molar-refractivity contribution in [2.24, 2.45) is 46.4 Å². The summed E-state index contributed by atoms with van der Waals surface area (Å²) in [7, 11) is 0. The smallest absolute Gasteiger partial charge is 0.303 e. The van der Waals surface area contributed by atoms with Crippen LogP contribution in [0.1, 0.15) is 144 Å². The summed E-state index contributed by atoms with van der Waals surface area (Å²) in [6, 6.07) is -4.08. The number of rotatable bonds is 49. The molecule has 14 amide bonds. The summed E-state index contributed by atoms with van der Waals surface area (Å²) in [5, 5.41) is 60.4. The van der Waals surface area contributed by atoms with Crippen LogP contribution in [0.15, 0.2) is 54.6 Å². The predicted molar refractivity (Wildman–Crippen MR) is 377 cm³/mol. The lowest BCUT2D eigenvalue weighted by Crippen LogP contribution is -2.62. The number of phenols is 1. The van der Waals surface area contributed by atoms with Crippen LogP contribution in [0.2, 0.25) is 0 Å². The SMILES string of the molecule is CC[C@H](C)[C@H](NC(=O)CN)C(=O)N[C@@H](C)C(=O)N[C@@H](CCC(=O)O)C(=O)N[C@@H](Cc1ccccc1)C(=O)N[C@@H](CC(C)C)C(=O)N[C@@H](CC(N)=O)C(=O)N[C@@H](Cc1ccc(O)cc1)C(=O)N[C@H](C(=O)N[C@@H](CCCCN)C(=O)N[C@@H](CO)C(=O)N[C@@H](CCCCN)C(=O)N[C@@H](C)C(N)=O)[C@@H](C)CC. The van der Waals surface area contributed by atoms with Crippen LogP contribution in [-0.4, -0.2) is 203 Å². The number of amides is 14. The highest BCUT2D eigenvalue weighted by Gasteiger charge is 2.38. The van der Waals surface area contributed by atoms with E-state index in [4.69, 9.17) is 28.7 Å². The Kier molecular flexibility index (Phi) is 40.4. The molecule has 0 aromatic heterocycles. The first-order valence-electron chi connectivity index (χ1n) is 34.6. The average Bonchev–Trinajstić information content (AvgIpc) is 0.861. The molecule has 0 aliphatic rings. The summed E-state index contributed by atoms with van der Waals surface area (Å²) in [6.45, 7) is 11.8. The monoisotopic (exact) mass is 1450 g/mol. The maximum atomic E-state index is 14.8. The molecular weight excluding hydrogens is 1340 g/mol. The number of benzene rings is 2. The minimum absolute atomic E-state index is 0.0461. The van der Waals surface area contributed by atoms with Crippen LogP contribution in [0.5, 0.6) is 5.75 Å². The Bertz CT molecular complexity index is 3160. The Morgan fingerprint density at radius 3 is 1.28 bits per heavy atom. The number of carboxylic acids is 1. The molecule has 2 aromatic rings. The Morgan fingerprint density at radius 2 is 0.806 bits per heavy atom. The lowest BCUT2D eigenvalue weighted by Gasteiger charge is -2.30. The number of carbonyl (C=O) groups is 15. The average molecular weight is 1450 g/mol. The van der Waals surface area contributed by atoms with Crippen molar-refractivity contribution < 1.29 is 87.2 Å². The van der Waals surface area contributed by atoms with Crippen molar-refractivity contribution in [3.63, 3.8) is 0 Å². The number of aliphatic carboxylic acids is 1. The molecule has 2 rings (SSSR count). The predicted octanol–water partition coefficient (Wildman–Crippen LogP) is -4.39. The molecule has 0 aliphatic heterocycles. The van der Waals surface area contributed by atoms with Crippen molar-refractivity contribution in [2.75, 3.05) is 26.2 Å². The van der Waals surface area contributed by atoms with E-state index in [0.717, 1.165) is 0 Å². The van der Waals surface area contributed by atoms with Crippen molar-refractivity contribution in [3.05, 3.63) is 65.7 Å². The van der Waals surface area contributed by atoms with Gasteiger partial charge in [0.1, 0.15) is 78.3 Å². The molecule has 0 saturated heterocycles. The van der Waals surface area contributed by atoms with Gasteiger partial charge in [0.25, 0.3) is 0 Å². The molecule has 0 bridgehead atoms. The molecule has 35 heteroatoms. The van der Waals surface area contributed by atoms with E-state index < -0.39 is 205 Å². The van der Waals surface area contributed by atoms with Gasteiger partial charge in [-0.15, -0.1) is 0 Å². The fourth-order valence-electron chi connectivity index (χ4n) is 10.3. The van der Waals surface area contributed by atoms with Crippen molar-refractivity contribution in [1.82, 2.24) is 63.8 Å². The number of primary amides is 2. The highest BCUT2D eigenvalue weighted by Crippen LogP contribution is 2.17. The molecule has 0 spiro atoms. The normalized spacial score (nSPS) is 15.2. The van der Waals surface area contributed by atoms with Gasteiger partial charge in [-0.05, 0) is 119 Å². The highest BCUT2D eigenvalue weighted by molar-refractivity contribution is 6.00. The molecule has 2 aromatic carbocycles. The number of aliphatic hydroxyl groups excluding tert-OH is 1. The summed E-state index contributed by atoms with van der Waals surface area (Å²) in [4.78, 5) is 204. The van der Waals surface area contributed by atoms with Gasteiger partial charge >= 0.3 is 5.97 Å². The molecule has 103 heavy (non-hydrogen) atoms. The fraction of sp³-hybridized carbons (Fsp3) is 0.603. The van der Waals surface area contributed by atoms with Gasteiger partial charge in [0.15, 0.2) is 0 Å². The van der Waals surface area contributed by atoms with Crippen LogP contribution in [0.25, 0.3) is 0 Å². The number of carbonyl (C=O) groups excluding carboxylic acids is 14. The van der Waals surface area contributed by atoms with Crippen molar-refractivity contribution in [1.29, 1.82) is 0 Å². The third-order valence-electron chi connectivity index (χ3n) is 16.9. The Morgan fingerprint density at radius 1 is 0.417 bits per heavy atom. The number of unbranched alkanes of at least 4 members (excludes halogenated alkanes) is 2. The summed E-state index contributed by atoms with van der Waals surface area (Å²) < 4.78 is 0. The second kappa shape index (κ2) is 46.6. The minimum Gasteiger partial charge on any atom is -0.508 e. The lowest BCUT2D eigenvalue weighted by molar-refractivity contribution is -0.138. The number of aromatic hydroxyl groups is 1. The van der Waals surface area contributed by atoms with Gasteiger partial charge in [-0.2, -0.15) is 0 Å². The van der Waals surface area contributed by atoms with Crippen LogP contribution in [-0.2, 0) is 84.8 Å². The van der Waals surface area contributed by atoms with Gasteiger partial charge in [0.2, 0.25) is 82.7 Å². The zero-order valence-corrected chi connectivity index (χ0v) is 59.9. The van der Waals surface area contributed by atoms with Crippen LogP contribution in [0.3, 0.4) is 0 Å². The second-order valence-electron chi connectivity index (χ2n) is 25.9. The Balaban J connectivity index is 2.59. The number of nitrogens with one attached hydrogen (secondary N) is 12. The van der Waals surface area contributed by atoms with Crippen LogP contribution in [0, 0.1) is 17.8 Å². The summed E-state index contributed by atoms with van der Waals surface area (Å²) in [5.74, 6) is -16.3. The highest BCUT2D eigenvalue weighted by atomic mass is 16.4. The number of aliphatic hydroxyl groups is 1. The molecule has 0 saturated carbocycles. The summed E-state index contributed by atoms with van der Waals surface area (Å²) in [6.07, 6.45) is -0.726. The van der Waals surface area contributed by atoms with E-state index in [2.05, 4.69) is 63.8 Å². The van der Waals surface area contributed by atoms with E-state index >= 15 is 0 Å². The van der Waals surface area contributed by atoms with E-state index in [0.29, 0.717) is 36.8 Å². The standard InChI is InChI=1S/C68H109N17O18/c1-9-37(5)55(84-53(89)34-71)67(102)75-40(8)58(93)76-46(26-27-54(90)91)61(96)80-48(31-41-18-12-11-13-19-41)63(98)79-47(30-36(3)4)62(97)82-50(33-52(72)88)64(99)81-49(32-42-22-24-43(87)25-23-42)65(100)85-56(38(6)10-2)68(103)78-45(21-15-17-29-70)60(95)83-51(35-86)66(101)77-44(20-14-16-28-69)59(94)74-39(7)57(73)92/h11-13,18-19,22-25,36-40,44-51,55-56,86-87H,9-10,14-17,20-21,26-35,69-71H2,1-8H3,(H2,72,88)(H2,73,92)(H,74,94)(H,75,102)(H,76,93)(H,77,101)(H,78,103)(H,79,98)(H,80,96)(H,81,99)(H,82,97)(H,83,95)(H,84,89)(H,85,100)(H,90,91)/t37-,38-,39-,40-,44-,45-,46-,47-,48-,49-,50-,51-,55-,56-/m0/s1. The molecular formula is C68H109N17O18. The van der Waals surface area contributed by atoms with Gasteiger partial charge < -0.3 is 108 Å². The number of phenolic OH excluding ortho intramolecular Hbond substituents is 1. The van der Waals surface area contributed by atoms with E-state index in [-0.39, 0.29) is 69.7 Å². The number of hydrogen-bond donors (Lipinski definition) is 20. The van der Waals surface area contributed by atoms with Crippen LogP contribution < -0.4 is 92.5 Å². The van der Waals surface area contributed by atoms with Crippen LogP contribution >= 0.6 is 0 Å². The van der Waals surface area contributed by atoms with E-state index in [1.54, 1.807) is 71.9 Å². The van der Waals surface area contributed by atoms with E-state index in [9.17, 15) is 87.2 Å². The topological polar surface area (TPSA) is 591 Å².